The first-order valence-corrected chi connectivity index (χ1v) is 4.34. The first kappa shape index (κ1) is 10.7. The van der Waals surface area contributed by atoms with E-state index >= 15 is 0 Å². The number of nitro groups is 1. The van der Waals surface area contributed by atoms with Crippen molar-refractivity contribution < 1.29 is 9.66 Å². The summed E-state index contributed by atoms with van der Waals surface area (Å²) in [5.74, 6) is 0. The van der Waals surface area contributed by atoms with Crippen molar-refractivity contribution in [1.29, 1.82) is 0 Å². The van der Waals surface area contributed by atoms with Crippen molar-refractivity contribution in [1.82, 2.24) is 0 Å². The van der Waals surface area contributed by atoms with E-state index in [2.05, 4.69) is 6.92 Å². The summed E-state index contributed by atoms with van der Waals surface area (Å²) in [6, 6.07) is 6.48. The van der Waals surface area contributed by atoms with Crippen molar-refractivity contribution in [2.75, 3.05) is 13.2 Å². The molecule has 0 atom stereocenters. The van der Waals surface area contributed by atoms with Crippen LogP contribution in [0.15, 0.2) is 24.3 Å². The quantitative estimate of drug-likeness (QED) is 0.409. The van der Waals surface area contributed by atoms with Crippen LogP contribution in [-0.2, 0) is 11.2 Å². The minimum atomic E-state index is -0.407. The molecule has 1 rings (SSSR count). The molecule has 0 aliphatic carbocycles. The minimum Gasteiger partial charge on any atom is -0.381 e. The van der Waals surface area contributed by atoms with E-state index in [0.717, 1.165) is 12.0 Å². The number of ether oxygens (including phenoxy) is 1. The standard InChI is InChI=1S/C10H12NO3/c1-2-14-8-7-9-3-5-10(6-4-9)11(12)13/h3-6H,1-2,7-8H2. The van der Waals surface area contributed by atoms with E-state index in [-0.39, 0.29) is 5.69 Å². The number of nitro benzene ring substituents is 1. The number of nitrogens with zero attached hydrogens (tertiary/aromatic N) is 1. The molecule has 0 aromatic heterocycles. The first-order chi connectivity index (χ1) is 6.74. The lowest BCUT2D eigenvalue weighted by molar-refractivity contribution is -0.384. The molecule has 1 aromatic carbocycles. The van der Waals surface area contributed by atoms with Crippen molar-refractivity contribution in [3.8, 4) is 0 Å². The van der Waals surface area contributed by atoms with Gasteiger partial charge < -0.3 is 4.74 Å². The smallest absolute Gasteiger partial charge is 0.269 e. The predicted octanol–water partition coefficient (Wildman–Crippen LogP) is 1.99. The molecule has 1 radical (unpaired) electrons. The second-order valence-electron chi connectivity index (χ2n) is 2.79. The molecule has 4 heteroatoms. The zero-order valence-electron chi connectivity index (χ0n) is 7.81. The van der Waals surface area contributed by atoms with E-state index in [4.69, 9.17) is 4.74 Å². The van der Waals surface area contributed by atoms with Crippen molar-refractivity contribution in [3.05, 3.63) is 46.9 Å². The number of benzene rings is 1. The van der Waals surface area contributed by atoms with Crippen molar-refractivity contribution in [3.63, 3.8) is 0 Å². The summed E-state index contributed by atoms with van der Waals surface area (Å²) in [6.45, 7) is 4.59. The molecule has 0 aliphatic heterocycles. The van der Waals surface area contributed by atoms with Gasteiger partial charge in [-0.3, -0.25) is 10.1 Å². The van der Waals surface area contributed by atoms with Crippen LogP contribution in [0.25, 0.3) is 0 Å². The maximum Gasteiger partial charge on any atom is 0.269 e. The third-order valence-electron chi connectivity index (χ3n) is 1.83. The fourth-order valence-electron chi connectivity index (χ4n) is 1.08. The van der Waals surface area contributed by atoms with Gasteiger partial charge in [-0.25, -0.2) is 0 Å². The molecule has 0 heterocycles. The molecule has 0 spiro atoms. The number of rotatable bonds is 5. The van der Waals surface area contributed by atoms with E-state index in [1.807, 2.05) is 0 Å². The minimum absolute atomic E-state index is 0.117. The SMILES string of the molecule is [CH2]COCCc1ccc([N+](=O)[O-])cc1. The van der Waals surface area contributed by atoms with E-state index in [1.54, 1.807) is 12.1 Å². The van der Waals surface area contributed by atoms with Gasteiger partial charge in [0, 0.05) is 18.7 Å². The monoisotopic (exact) mass is 194 g/mol. The molecule has 0 unspecified atom stereocenters. The van der Waals surface area contributed by atoms with E-state index in [0.29, 0.717) is 13.2 Å². The maximum absolute atomic E-state index is 10.3. The van der Waals surface area contributed by atoms with E-state index in [1.165, 1.54) is 12.1 Å². The Labute approximate surface area is 82.7 Å². The molecule has 1 aromatic rings. The highest BCUT2D eigenvalue weighted by atomic mass is 16.6. The Morgan fingerprint density at radius 1 is 1.36 bits per heavy atom. The van der Waals surface area contributed by atoms with Gasteiger partial charge >= 0.3 is 0 Å². The average molecular weight is 194 g/mol. The summed E-state index contributed by atoms with van der Waals surface area (Å²) in [5.41, 5.74) is 1.15. The van der Waals surface area contributed by atoms with E-state index < -0.39 is 4.92 Å². The maximum atomic E-state index is 10.3. The highest BCUT2D eigenvalue weighted by Crippen LogP contribution is 2.12. The molecule has 0 fully saturated rings. The van der Waals surface area contributed by atoms with Gasteiger partial charge in [-0.2, -0.15) is 0 Å². The van der Waals surface area contributed by atoms with Crippen LogP contribution in [-0.4, -0.2) is 18.1 Å². The molecule has 4 nitrogen and oxygen atoms in total. The zero-order valence-corrected chi connectivity index (χ0v) is 7.81. The van der Waals surface area contributed by atoms with Crippen molar-refractivity contribution in [2.45, 2.75) is 6.42 Å². The second kappa shape index (κ2) is 5.34. The third kappa shape index (κ3) is 3.14. The van der Waals surface area contributed by atoms with Gasteiger partial charge in [-0.05, 0) is 18.9 Å². The Hall–Kier alpha value is -1.42. The molecular formula is C10H12NO3. The van der Waals surface area contributed by atoms with Crippen LogP contribution < -0.4 is 0 Å². The molecule has 0 N–H and O–H groups in total. The van der Waals surface area contributed by atoms with E-state index in [9.17, 15) is 10.1 Å². The molecule has 0 aliphatic rings. The van der Waals surface area contributed by atoms with Crippen LogP contribution in [0.2, 0.25) is 0 Å². The van der Waals surface area contributed by atoms with Crippen LogP contribution in [0.1, 0.15) is 5.56 Å². The largest absolute Gasteiger partial charge is 0.381 e. The summed E-state index contributed by atoms with van der Waals surface area (Å²) >= 11 is 0. The Morgan fingerprint density at radius 2 is 2.00 bits per heavy atom. The summed E-state index contributed by atoms with van der Waals surface area (Å²) in [4.78, 5) is 9.94. The van der Waals surface area contributed by atoms with Crippen molar-refractivity contribution >= 4 is 5.69 Å². The Kier molecular flexibility index (Phi) is 4.07. The molecule has 0 saturated carbocycles. The average Bonchev–Trinajstić information content (AvgIpc) is 2.19. The third-order valence-corrected chi connectivity index (χ3v) is 1.83. The highest BCUT2D eigenvalue weighted by Gasteiger charge is 2.03. The first-order valence-electron chi connectivity index (χ1n) is 4.34. The van der Waals surface area contributed by atoms with Crippen LogP contribution in [0.3, 0.4) is 0 Å². The summed E-state index contributed by atoms with van der Waals surface area (Å²) < 4.78 is 5.07. The number of hydrogen-bond acceptors (Lipinski definition) is 3. The zero-order chi connectivity index (χ0) is 10.4. The fraction of sp³-hybridized carbons (Fsp3) is 0.300. The van der Waals surface area contributed by atoms with Crippen molar-refractivity contribution in [2.24, 2.45) is 0 Å². The molecule has 0 saturated heterocycles. The summed E-state index contributed by atoms with van der Waals surface area (Å²) in [6.07, 6.45) is 0.757. The summed E-state index contributed by atoms with van der Waals surface area (Å²) in [7, 11) is 0. The lowest BCUT2D eigenvalue weighted by atomic mass is 10.1. The summed E-state index contributed by atoms with van der Waals surface area (Å²) in [5, 5.41) is 10.3. The van der Waals surface area contributed by atoms with Crippen LogP contribution in [0, 0.1) is 17.0 Å². The number of hydrogen-bond donors (Lipinski definition) is 0. The predicted molar refractivity (Wildman–Crippen MR) is 53.0 cm³/mol. The van der Waals surface area contributed by atoms with Gasteiger partial charge in [0.2, 0.25) is 0 Å². The highest BCUT2D eigenvalue weighted by molar-refractivity contribution is 5.32. The second-order valence-corrected chi connectivity index (χ2v) is 2.79. The molecule has 0 bridgehead atoms. The molecule has 75 valence electrons. The van der Waals surface area contributed by atoms with Gasteiger partial charge in [0.25, 0.3) is 5.69 Å². The van der Waals surface area contributed by atoms with Gasteiger partial charge in [0.1, 0.15) is 0 Å². The fourth-order valence-corrected chi connectivity index (χ4v) is 1.08. The van der Waals surface area contributed by atoms with Crippen LogP contribution in [0.5, 0.6) is 0 Å². The van der Waals surface area contributed by atoms with Gasteiger partial charge in [0.05, 0.1) is 11.5 Å². The Balaban J connectivity index is 2.51. The Morgan fingerprint density at radius 3 is 2.50 bits per heavy atom. The van der Waals surface area contributed by atoms with Crippen LogP contribution in [0.4, 0.5) is 5.69 Å². The lowest BCUT2D eigenvalue weighted by Gasteiger charge is -2.00. The number of non-ortho nitro benzene ring substituents is 1. The van der Waals surface area contributed by atoms with Gasteiger partial charge in [0.15, 0.2) is 0 Å². The molecule has 0 amide bonds. The lowest BCUT2D eigenvalue weighted by Crippen LogP contribution is -1.98. The molecular weight excluding hydrogens is 182 g/mol. The Bertz CT molecular complexity index is 295. The normalized spacial score (nSPS) is 10.1. The molecule has 14 heavy (non-hydrogen) atoms. The topological polar surface area (TPSA) is 52.4 Å². The van der Waals surface area contributed by atoms with Crippen LogP contribution >= 0.6 is 0 Å². The van der Waals surface area contributed by atoms with Gasteiger partial charge in [-0.15, -0.1) is 0 Å². The van der Waals surface area contributed by atoms with Gasteiger partial charge in [-0.1, -0.05) is 12.1 Å².